The van der Waals surface area contributed by atoms with Crippen molar-refractivity contribution in [3.63, 3.8) is 0 Å². The van der Waals surface area contributed by atoms with Crippen LogP contribution in [0.1, 0.15) is 30.4 Å². The van der Waals surface area contributed by atoms with Gasteiger partial charge in [-0.15, -0.1) is 0 Å². The number of carbonyl (C=O) groups is 2. The molecular weight excluding hydrogens is 347 g/mol. The molecule has 1 aliphatic rings. The fourth-order valence-electron chi connectivity index (χ4n) is 3.50. The predicted octanol–water partition coefficient (Wildman–Crippen LogP) is 4.15. The van der Waals surface area contributed by atoms with Gasteiger partial charge in [0, 0.05) is 11.5 Å². The first-order chi connectivity index (χ1) is 13.0. The Labute approximate surface area is 157 Å². The second kappa shape index (κ2) is 8.16. The molecule has 2 aromatic rings. The number of carbonyl (C=O) groups excluding carboxylic acids is 2. The lowest BCUT2D eigenvalue weighted by Gasteiger charge is -2.30. The molecule has 0 saturated carbocycles. The molecule has 0 radical (unpaired) electrons. The minimum atomic E-state index is -0.936. The Hall–Kier alpha value is -2.95. The van der Waals surface area contributed by atoms with Crippen LogP contribution in [0.5, 0.6) is 5.75 Å². The summed E-state index contributed by atoms with van der Waals surface area (Å²) in [6.45, 7) is 1.90. The van der Waals surface area contributed by atoms with Crippen molar-refractivity contribution in [3.8, 4) is 5.75 Å². The second-order valence-corrected chi connectivity index (χ2v) is 6.36. The summed E-state index contributed by atoms with van der Waals surface area (Å²) < 4.78 is 23.9. The van der Waals surface area contributed by atoms with Crippen LogP contribution in [-0.2, 0) is 14.3 Å². The number of benzene rings is 2. The Bertz CT molecular complexity index is 870. The summed E-state index contributed by atoms with van der Waals surface area (Å²) in [5.74, 6) is -1.93. The zero-order valence-electron chi connectivity index (χ0n) is 15.3. The number of hydrogen-bond donors (Lipinski definition) is 0. The van der Waals surface area contributed by atoms with E-state index in [9.17, 15) is 14.0 Å². The molecule has 3 rings (SSSR count). The van der Waals surface area contributed by atoms with E-state index in [0.29, 0.717) is 12.2 Å². The van der Waals surface area contributed by atoms with Crippen molar-refractivity contribution in [2.75, 3.05) is 13.7 Å². The lowest BCUT2D eigenvalue weighted by molar-refractivity contribution is -0.151. The molecule has 0 bridgehead atoms. The van der Waals surface area contributed by atoms with E-state index in [4.69, 9.17) is 9.47 Å². The maximum atomic E-state index is 13.4. The van der Waals surface area contributed by atoms with Crippen LogP contribution in [0.2, 0.25) is 0 Å². The molecule has 27 heavy (non-hydrogen) atoms. The van der Waals surface area contributed by atoms with Crippen molar-refractivity contribution >= 4 is 17.3 Å². The quantitative estimate of drug-likeness (QED) is 0.588. The predicted molar refractivity (Wildman–Crippen MR) is 99.9 cm³/mol. The van der Waals surface area contributed by atoms with Crippen LogP contribution in [0.3, 0.4) is 0 Å². The zero-order chi connectivity index (χ0) is 19.4. The SMILES string of the molecule is CCOC(=O)[C@H]1C(=O)C=C(c2ccccc2OC)C[C@H]1c1ccc(F)cc1. The summed E-state index contributed by atoms with van der Waals surface area (Å²) in [4.78, 5) is 25.3. The van der Waals surface area contributed by atoms with Gasteiger partial charge < -0.3 is 9.47 Å². The molecule has 5 heteroatoms. The van der Waals surface area contributed by atoms with Gasteiger partial charge in [-0.1, -0.05) is 30.3 Å². The molecule has 0 spiro atoms. The van der Waals surface area contributed by atoms with E-state index >= 15 is 0 Å². The fourth-order valence-corrected chi connectivity index (χ4v) is 3.50. The normalized spacial score (nSPS) is 19.4. The number of allylic oxidation sites excluding steroid dienone is 2. The van der Waals surface area contributed by atoms with Crippen LogP contribution < -0.4 is 4.74 Å². The number of para-hydroxylation sites is 1. The summed E-state index contributed by atoms with van der Waals surface area (Å²) in [6, 6.07) is 13.3. The number of rotatable bonds is 5. The van der Waals surface area contributed by atoms with Crippen molar-refractivity contribution in [2.45, 2.75) is 19.3 Å². The van der Waals surface area contributed by atoms with Crippen LogP contribution in [-0.4, -0.2) is 25.5 Å². The number of esters is 1. The molecule has 2 aromatic carbocycles. The first kappa shape index (κ1) is 18.8. The first-order valence-corrected chi connectivity index (χ1v) is 8.85. The van der Waals surface area contributed by atoms with Gasteiger partial charge >= 0.3 is 5.97 Å². The lowest BCUT2D eigenvalue weighted by atomic mass is 9.73. The number of ether oxygens (including phenoxy) is 2. The van der Waals surface area contributed by atoms with Crippen LogP contribution in [0.15, 0.2) is 54.6 Å². The van der Waals surface area contributed by atoms with E-state index in [1.165, 1.54) is 18.2 Å². The van der Waals surface area contributed by atoms with Gasteiger partial charge in [0.25, 0.3) is 0 Å². The number of hydrogen-bond acceptors (Lipinski definition) is 4. The molecule has 4 nitrogen and oxygen atoms in total. The molecule has 0 unspecified atom stereocenters. The third-order valence-electron chi connectivity index (χ3n) is 4.76. The van der Waals surface area contributed by atoms with E-state index < -0.39 is 17.8 Å². The molecule has 0 N–H and O–H groups in total. The molecule has 0 heterocycles. The summed E-state index contributed by atoms with van der Waals surface area (Å²) in [5.41, 5.74) is 2.32. The van der Waals surface area contributed by atoms with Gasteiger partial charge in [0.2, 0.25) is 0 Å². The van der Waals surface area contributed by atoms with Gasteiger partial charge in [0.15, 0.2) is 5.78 Å². The highest BCUT2D eigenvalue weighted by Gasteiger charge is 2.40. The van der Waals surface area contributed by atoms with Crippen molar-refractivity contribution in [1.29, 1.82) is 0 Å². The summed E-state index contributed by atoms with van der Waals surface area (Å²) in [7, 11) is 1.57. The zero-order valence-corrected chi connectivity index (χ0v) is 15.3. The van der Waals surface area contributed by atoms with E-state index in [-0.39, 0.29) is 18.2 Å². The van der Waals surface area contributed by atoms with E-state index in [1.807, 2.05) is 24.3 Å². The molecule has 0 saturated heterocycles. The van der Waals surface area contributed by atoms with E-state index in [2.05, 4.69) is 0 Å². The van der Waals surface area contributed by atoms with Crippen LogP contribution >= 0.6 is 0 Å². The molecule has 0 amide bonds. The third-order valence-corrected chi connectivity index (χ3v) is 4.76. The van der Waals surface area contributed by atoms with E-state index in [0.717, 1.165) is 16.7 Å². The smallest absolute Gasteiger partial charge is 0.317 e. The maximum Gasteiger partial charge on any atom is 0.317 e. The van der Waals surface area contributed by atoms with Crippen molar-refractivity contribution < 1.29 is 23.5 Å². The number of methoxy groups -OCH3 is 1. The Morgan fingerprint density at radius 3 is 2.52 bits per heavy atom. The fraction of sp³-hybridized carbons (Fsp3) is 0.273. The molecule has 2 atom stereocenters. The van der Waals surface area contributed by atoms with Crippen LogP contribution in [0, 0.1) is 11.7 Å². The van der Waals surface area contributed by atoms with Crippen LogP contribution in [0.4, 0.5) is 4.39 Å². The number of ketones is 1. The average Bonchev–Trinajstić information content (AvgIpc) is 2.68. The summed E-state index contributed by atoms with van der Waals surface area (Å²) in [6.07, 6.45) is 1.95. The Kier molecular flexibility index (Phi) is 5.69. The molecule has 0 aliphatic heterocycles. The highest BCUT2D eigenvalue weighted by molar-refractivity contribution is 6.11. The molecule has 0 fully saturated rings. The van der Waals surface area contributed by atoms with Crippen LogP contribution in [0.25, 0.3) is 5.57 Å². The van der Waals surface area contributed by atoms with E-state index in [1.54, 1.807) is 26.2 Å². The Morgan fingerprint density at radius 2 is 1.85 bits per heavy atom. The number of halogens is 1. The third kappa shape index (κ3) is 3.92. The van der Waals surface area contributed by atoms with Crippen molar-refractivity contribution in [2.24, 2.45) is 5.92 Å². The largest absolute Gasteiger partial charge is 0.496 e. The topological polar surface area (TPSA) is 52.6 Å². The van der Waals surface area contributed by atoms with Gasteiger partial charge in [-0.2, -0.15) is 0 Å². The lowest BCUT2D eigenvalue weighted by Crippen LogP contribution is -2.34. The van der Waals surface area contributed by atoms with Gasteiger partial charge in [-0.05, 0) is 48.8 Å². The average molecular weight is 368 g/mol. The molecular formula is C22H21FO4. The van der Waals surface area contributed by atoms with Gasteiger partial charge in [-0.3, -0.25) is 9.59 Å². The molecule has 0 aromatic heterocycles. The minimum absolute atomic E-state index is 0.196. The minimum Gasteiger partial charge on any atom is -0.496 e. The van der Waals surface area contributed by atoms with Crippen molar-refractivity contribution in [1.82, 2.24) is 0 Å². The first-order valence-electron chi connectivity index (χ1n) is 8.85. The van der Waals surface area contributed by atoms with Crippen molar-refractivity contribution in [3.05, 3.63) is 71.6 Å². The second-order valence-electron chi connectivity index (χ2n) is 6.36. The maximum absolute atomic E-state index is 13.4. The van der Waals surface area contributed by atoms with Gasteiger partial charge in [-0.25, -0.2) is 4.39 Å². The molecule has 1 aliphatic carbocycles. The Morgan fingerprint density at radius 1 is 1.15 bits per heavy atom. The Balaban J connectivity index is 2.05. The van der Waals surface area contributed by atoms with Gasteiger partial charge in [0.05, 0.1) is 13.7 Å². The van der Waals surface area contributed by atoms with Gasteiger partial charge in [0.1, 0.15) is 17.5 Å². The monoisotopic (exact) mass is 368 g/mol. The summed E-state index contributed by atoms with van der Waals surface area (Å²) in [5, 5.41) is 0. The summed E-state index contributed by atoms with van der Waals surface area (Å²) >= 11 is 0. The standard InChI is InChI=1S/C22H21FO4/c1-3-27-22(25)21-18(14-8-10-16(23)11-9-14)12-15(13-19(21)24)17-6-4-5-7-20(17)26-2/h4-11,13,18,21H,3,12H2,1-2H3/t18-,21+/m0/s1. The molecule has 140 valence electrons. The highest BCUT2D eigenvalue weighted by atomic mass is 19.1. The highest BCUT2D eigenvalue weighted by Crippen LogP contribution is 2.42.